The minimum atomic E-state index is -0.417. The zero-order chi connectivity index (χ0) is 21.7. The molecule has 0 aromatic heterocycles. The highest BCUT2D eigenvalue weighted by molar-refractivity contribution is 5.73. The van der Waals surface area contributed by atoms with Crippen molar-refractivity contribution in [3.63, 3.8) is 0 Å². The van der Waals surface area contributed by atoms with Gasteiger partial charge in [0.1, 0.15) is 5.60 Å². The summed E-state index contributed by atoms with van der Waals surface area (Å²) in [6.07, 6.45) is 8.24. The molecule has 0 aromatic rings. The molecule has 0 aromatic carbocycles. The monoisotopic (exact) mass is 416 g/mol. The number of hydrogen-bond donors (Lipinski definition) is 2. The standard InChI is InChI=1S/C26H40O4/c1-16-14-21(29)30-26(16)13-12-24(4)18-6-7-19-22(2,17(18)8-11-25(24,26)5)10-9-20(28)23(19,3)15-27/h16,19-20,27-28H,6-15H2,1-5H3. The van der Waals surface area contributed by atoms with Gasteiger partial charge in [0.2, 0.25) is 0 Å². The summed E-state index contributed by atoms with van der Waals surface area (Å²) >= 11 is 0. The van der Waals surface area contributed by atoms with Crippen molar-refractivity contribution in [2.45, 2.75) is 104 Å². The van der Waals surface area contributed by atoms with Crippen LogP contribution in [0.2, 0.25) is 0 Å². The van der Waals surface area contributed by atoms with Crippen LogP contribution in [0.25, 0.3) is 0 Å². The van der Waals surface area contributed by atoms with Crippen LogP contribution in [0.4, 0.5) is 0 Å². The van der Waals surface area contributed by atoms with Crippen molar-refractivity contribution in [3.8, 4) is 0 Å². The lowest BCUT2D eigenvalue weighted by Crippen LogP contribution is -2.59. The van der Waals surface area contributed by atoms with Crippen LogP contribution in [0.1, 0.15) is 92.4 Å². The van der Waals surface area contributed by atoms with Gasteiger partial charge in [0.25, 0.3) is 0 Å². The molecule has 3 fully saturated rings. The van der Waals surface area contributed by atoms with E-state index in [1.165, 1.54) is 0 Å². The molecule has 5 aliphatic rings. The predicted molar refractivity (Wildman–Crippen MR) is 116 cm³/mol. The molecule has 0 radical (unpaired) electrons. The Labute approximate surface area is 181 Å². The number of fused-ring (bicyclic) bond motifs is 5. The number of rotatable bonds is 1. The fourth-order valence-electron chi connectivity index (χ4n) is 9.47. The molecule has 5 rings (SSSR count). The number of allylic oxidation sites excluding steroid dienone is 2. The lowest BCUT2D eigenvalue weighted by molar-refractivity contribution is -0.169. The number of aliphatic hydroxyl groups excluding tert-OH is 2. The van der Waals surface area contributed by atoms with Crippen LogP contribution < -0.4 is 0 Å². The van der Waals surface area contributed by atoms with E-state index in [-0.39, 0.29) is 40.3 Å². The van der Waals surface area contributed by atoms with Gasteiger partial charge in [0, 0.05) is 16.7 Å². The van der Waals surface area contributed by atoms with Crippen LogP contribution in [0, 0.1) is 33.5 Å². The Morgan fingerprint density at radius 3 is 2.37 bits per heavy atom. The highest BCUT2D eigenvalue weighted by Crippen LogP contribution is 2.74. The summed E-state index contributed by atoms with van der Waals surface area (Å²) in [5, 5.41) is 21.1. The van der Waals surface area contributed by atoms with Gasteiger partial charge in [-0.3, -0.25) is 4.79 Å². The number of carbonyl (C=O) groups excluding carboxylic acids is 1. The van der Waals surface area contributed by atoms with Crippen molar-refractivity contribution in [2.24, 2.45) is 33.5 Å². The second kappa shape index (κ2) is 6.13. The van der Waals surface area contributed by atoms with E-state index in [1.807, 2.05) is 0 Å². The van der Waals surface area contributed by atoms with Crippen LogP contribution in [-0.4, -0.2) is 34.5 Å². The van der Waals surface area contributed by atoms with Gasteiger partial charge >= 0.3 is 5.97 Å². The molecular formula is C26H40O4. The van der Waals surface area contributed by atoms with Crippen LogP contribution in [-0.2, 0) is 9.53 Å². The van der Waals surface area contributed by atoms with E-state index in [0.29, 0.717) is 12.3 Å². The zero-order valence-electron chi connectivity index (χ0n) is 19.5. The fourth-order valence-corrected chi connectivity index (χ4v) is 9.47. The largest absolute Gasteiger partial charge is 0.458 e. The third kappa shape index (κ3) is 2.14. The highest BCUT2D eigenvalue weighted by atomic mass is 16.6. The highest BCUT2D eigenvalue weighted by Gasteiger charge is 2.72. The van der Waals surface area contributed by atoms with E-state index < -0.39 is 11.5 Å². The molecule has 1 spiro atoms. The molecule has 8 atom stereocenters. The van der Waals surface area contributed by atoms with Crippen molar-refractivity contribution >= 4 is 5.97 Å². The van der Waals surface area contributed by atoms with Crippen molar-refractivity contribution in [2.75, 3.05) is 6.61 Å². The molecule has 2 saturated carbocycles. The third-order valence-electron chi connectivity index (χ3n) is 11.6. The lowest BCUT2D eigenvalue weighted by atomic mass is 9.42. The first-order valence-electron chi connectivity index (χ1n) is 12.2. The summed E-state index contributed by atoms with van der Waals surface area (Å²) in [7, 11) is 0. The van der Waals surface area contributed by atoms with Crippen molar-refractivity contribution in [1.29, 1.82) is 0 Å². The second-order valence-corrected chi connectivity index (χ2v) is 12.3. The van der Waals surface area contributed by atoms with E-state index in [1.54, 1.807) is 11.1 Å². The van der Waals surface area contributed by atoms with Crippen LogP contribution in [0.15, 0.2) is 11.1 Å². The fraction of sp³-hybridized carbons (Fsp3) is 0.885. The number of ether oxygens (including phenoxy) is 1. The van der Waals surface area contributed by atoms with Gasteiger partial charge in [-0.05, 0) is 68.1 Å². The number of esters is 1. The first-order valence-corrected chi connectivity index (χ1v) is 12.2. The van der Waals surface area contributed by atoms with Crippen LogP contribution >= 0.6 is 0 Å². The van der Waals surface area contributed by atoms with Gasteiger partial charge in [-0.15, -0.1) is 0 Å². The number of aliphatic hydroxyl groups is 2. The van der Waals surface area contributed by atoms with Gasteiger partial charge in [0.15, 0.2) is 0 Å². The van der Waals surface area contributed by atoms with E-state index in [9.17, 15) is 15.0 Å². The molecule has 168 valence electrons. The normalized spacial score (nSPS) is 55.3. The van der Waals surface area contributed by atoms with E-state index in [0.717, 1.165) is 51.4 Å². The SMILES string of the molecule is CC1CC(=O)OC12CCC1(C)C3=C(CCC12C)C1(C)CCC(O)C(C)(CO)C1CC3. The first kappa shape index (κ1) is 21.0. The molecule has 4 nitrogen and oxygen atoms in total. The summed E-state index contributed by atoms with van der Waals surface area (Å²) in [6.45, 7) is 11.7. The lowest BCUT2D eigenvalue weighted by Gasteiger charge is -2.63. The van der Waals surface area contributed by atoms with Gasteiger partial charge in [-0.2, -0.15) is 0 Å². The molecule has 0 amide bonds. The van der Waals surface area contributed by atoms with Gasteiger partial charge in [0.05, 0.1) is 19.1 Å². The molecule has 4 heteroatoms. The van der Waals surface area contributed by atoms with E-state index in [2.05, 4.69) is 34.6 Å². The molecule has 4 aliphatic carbocycles. The maximum Gasteiger partial charge on any atom is 0.306 e. The quantitative estimate of drug-likeness (QED) is 0.477. The first-order chi connectivity index (χ1) is 14.0. The Morgan fingerprint density at radius 2 is 1.73 bits per heavy atom. The molecule has 1 heterocycles. The Balaban J connectivity index is 1.61. The van der Waals surface area contributed by atoms with E-state index >= 15 is 0 Å². The Bertz CT molecular complexity index is 818. The Kier molecular flexibility index (Phi) is 4.29. The second-order valence-electron chi connectivity index (χ2n) is 12.3. The van der Waals surface area contributed by atoms with Crippen LogP contribution in [0.3, 0.4) is 0 Å². The average molecular weight is 417 g/mol. The smallest absolute Gasteiger partial charge is 0.306 e. The Morgan fingerprint density at radius 1 is 1.00 bits per heavy atom. The summed E-state index contributed by atoms with van der Waals surface area (Å²) in [6, 6.07) is 0. The van der Waals surface area contributed by atoms with Gasteiger partial charge in [-0.1, -0.05) is 45.8 Å². The minimum Gasteiger partial charge on any atom is -0.458 e. The maximum atomic E-state index is 12.3. The summed E-state index contributed by atoms with van der Waals surface area (Å²) in [4.78, 5) is 12.3. The number of carbonyl (C=O) groups is 1. The van der Waals surface area contributed by atoms with Gasteiger partial charge < -0.3 is 14.9 Å². The molecule has 0 bridgehead atoms. The van der Waals surface area contributed by atoms with Crippen molar-refractivity contribution < 1.29 is 19.7 Å². The molecule has 30 heavy (non-hydrogen) atoms. The molecular weight excluding hydrogens is 376 g/mol. The van der Waals surface area contributed by atoms with Gasteiger partial charge in [-0.25, -0.2) is 0 Å². The minimum absolute atomic E-state index is 0.0107. The van der Waals surface area contributed by atoms with Crippen molar-refractivity contribution in [3.05, 3.63) is 11.1 Å². The molecule has 1 aliphatic heterocycles. The van der Waals surface area contributed by atoms with Crippen LogP contribution in [0.5, 0.6) is 0 Å². The topological polar surface area (TPSA) is 66.8 Å². The summed E-state index contributed by atoms with van der Waals surface area (Å²) < 4.78 is 6.21. The third-order valence-corrected chi connectivity index (χ3v) is 11.6. The predicted octanol–water partition coefficient (Wildman–Crippen LogP) is 4.77. The number of hydrogen-bond acceptors (Lipinski definition) is 4. The van der Waals surface area contributed by atoms with E-state index in [4.69, 9.17) is 4.74 Å². The average Bonchev–Trinajstić information content (AvgIpc) is 3.13. The molecule has 2 N–H and O–H groups in total. The summed E-state index contributed by atoms with van der Waals surface area (Å²) in [5.74, 6) is 0.598. The molecule has 8 unspecified atom stereocenters. The van der Waals surface area contributed by atoms with Crippen molar-refractivity contribution in [1.82, 2.24) is 0 Å². The zero-order valence-corrected chi connectivity index (χ0v) is 19.5. The maximum absolute atomic E-state index is 12.3. The summed E-state index contributed by atoms with van der Waals surface area (Å²) in [5.41, 5.74) is 2.65. The Hall–Kier alpha value is -0.870. The molecule has 1 saturated heterocycles.